The highest BCUT2D eigenvalue weighted by Crippen LogP contribution is 2.24. The number of thiazole rings is 1. The van der Waals surface area contributed by atoms with Crippen LogP contribution in [0, 0.1) is 12.3 Å². The maximum Gasteiger partial charge on any atom is 0.297 e. The van der Waals surface area contributed by atoms with Crippen molar-refractivity contribution in [2.24, 2.45) is 12.0 Å². The second-order valence-corrected chi connectivity index (χ2v) is 6.65. The van der Waals surface area contributed by atoms with Crippen LogP contribution in [-0.4, -0.2) is 26.5 Å². The predicted molar refractivity (Wildman–Crippen MR) is 93.5 cm³/mol. The van der Waals surface area contributed by atoms with Crippen molar-refractivity contribution >= 4 is 39.2 Å². The maximum atomic E-state index is 12.4. The predicted octanol–water partition coefficient (Wildman–Crippen LogP) is 2.53. The Labute approximate surface area is 141 Å². The van der Waals surface area contributed by atoms with Crippen molar-refractivity contribution in [1.82, 2.24) is 14.3 Å². The van der Waals surface area contributed by atoms with E-state index in [0.29, 0.717) is 17.0 Å². The first-order valence-electron chi connectivity index (χ1n) is 6.82. The first-order valence-corrected chi connectivity index (χ1v) is 8.86. The monoisotopic (exact) mass is 342 g/mol. The first-order chi connectivity index (χ1) is 11.1. The average molecular weight is 342 g/mol. The van der Waals surface area contributed by atoms with Crippen LogP contribution in [0.1, 0.15) is 10.5 Å². The van der Waals surface area contributed by atoms with Gasteiger partial charge in [0.15, 0.2) is 4.80 Å². The molecule has 0 radical (unpaired) electrons. The molecule has 0 unspecified atom stereocenters. The number of thioether (sulfide) groups is 1. The van der Waals surface area contributed by atoms with E-state index < -0.39 is 0 Å². The largest absolute Gasteiger partial charge is 0.305 e. The highest BCUT2D eigenvalue weighted by atomic mass is 32.2. The number of carbonyl (C=O) groups is 1. The number of benzene rings is 1. The zero-order valence-electron chi connectivity index (χ0n) is 12.7. The highest BCUT2D eigenvalue weighted by Gasteiger charge is 2.11. The summed E-state index contributed by atoms with van der Waals surface area (Å²) in [5, 5.41) is 4.00. The van der Waals surface area contributed by atoms with E-state index in [1.54, 1.807) is 31.1 Å². The zero-order valence-corrected chi connectivity index (χ0v) is 14.3. The molecule has 116 valence electrons. The van der Waals surface area contributed by atoms with Crippen molar-refractivity contribution in [2.45, 2.75) is 11.4 Å². The zero-order chi connectivity index (χ0) is 16.4. The molecule has 1 aromatic carbocycles. The molecule has 3 aromatic rings. The second kappa shape index (κ2) is 6.44. The Morgan fingerprint density at radius 1 is 1.48 bits per heavy atom. The number of nitrogens with zero attached hydrogens (tertiary/aromatic N) is 4. The molecule has 0 N–H and O–H groups in total. The van der Waals surface area contributed by atoms with Crippen molar-refractivity contribution in [3.8, 4) is 12.3 Å². The van der Waals surface area contributed by atoms with Crippen molar-refractivity contribution < 1.29 is 4.79 Å². The number of aryl methyl sites for hydroxylation is 1. The summed E-state index contributed by atoms with van der Waals surface area (Å²) in [5.41, 5.74) is 1.43. The Hall–Kier alpha value is -2.30. The fraction of sp³-hybridized carbons (Fsp3) is 0.188. The number of terminal acetylenes is 1. The van der Waals surface area contributed by atoms with E-state index in [4.69, 9.17) is 6.42 Å². The van der Waals surface area contributed by atoms with E-state index in [1.807, 2.05) is 23.0 Å². The normalized spacial score (nSPS) is 11.8. The minimum Gasteiger partial charge on any atom is -0.305 e. The smallest absolute Gasteiger partial charge is 0.297 e. The van der Waals surface area contributed by atoms with Gasteiger partial charge in [0.2, 0.25) is 0 Å². The van der Waals surface area contributed by atoms with Crippen LogP contribution in [0.4, 0.5) is 0 Å². The molecule has 7 heteroatoms. The second-order valence-electron chi connectivity index (χ2n) is 4.77. The van der Waals surface area contributed by atoms with Gasteiger partial charge in [-0.25, -0.2) is 0 Å². The number of fused-ring (bicyclic) bond motifs is 1. The van der Waals surface area contributed by atoms with Gasteiger partial charge in [0.05, 0.1) is 16.8 Å². The van der Waals surface area contributed by atoms with Gasteiger partial charge in [-0.1, -0.05) is 17.3 Å². The summed E-state index contributed by atoms with van der Waals surface area (Å²) in [5.74, 6) is 2.30. The minimum atomic E-state index is -0.326. The van der Waals surface area contributed by atoms with Crippen LogP contribution in [0.5, 0.6) is 0 Å². The van der Waals surface area contributed by atoms with Gasteiger partial charge in [-0.15, -0.1) is 18.2 Å². The van der Waals surface area contributed by atoms with Crippen molar-refractivity contribution in [3.63, 3.8) is 0 Å². The molecular formula is C16H14N4OS2. The van der Waals surface area contributed by atoms with Crippen LogP contribution < -0.4 is 4.80 Å². The Balaban J connectivity index is 2.18. The number of amides is 1. The highest BCUT2D eigenvalue weighted by molar-refractivity contribution is 7.98. The van der Waals surface area contributed by atoms with E-state index in [2.05, 4.69) is 22.1 Å². The molecule has 0 saturated heterocycles. The van der Waals surface area contributed by atoms with Gasteiger partial charge in [-0.05, 0) is 30.5 Å². The van der Waals surface area contributed by atoms with Crippen LogP contribution in [0.3, 0.4) is 0 Å². The molecule has 0 aliphatic rings. The molecule has 0 fully saturated rings. The topological polar surface area (TPSA) is 52.2 Å². The third-order valence-corrected chi connectivity index (χ3v) is 5.14. The summed E-state index contributed by atoms with van der Waals surface area (Å²) in [6.07, 6.45) is 9.08. The minimum absolute atomic E-state index is 0.326. The summed E-state index contributed by atoms with van der Waals surface area (Å²) in [4.78, 5) is 18.4. The molecule has 5 nitrogen and oxygen atoms in total. The van der Waals surface area contributed by atoms with Crippen LogP contribution in [0.15, 0.2) is 40.4 Å². The van der Waals surface area contributed by atoms with E-state index in [9.17, 15) is 4.79 Å². The molecule has 0 spiro atoms. The number of carbonyl (C=O) groups excluding carboxylic acids is 1. The van der Waals surface area contributed by atoms with Crippen LogP contribution in [-0.2, 0) is 13.6 Å². The lowest BCUT2D eigenvalue weighted by atomic mass is 10.3. The summed E-state index contributed by atoms with van der Waals surface area (Å²) in [6.45, 7) is 0.371. The number of rotatable bonds is 3. The molecule has 1 amide bonds. The molecule has 2 heterocycles. The van der Waals surface area contributed by atoms with Gasteiger partial charge in [0.1, 0.15) is 5.69 Å². The molecule has 0 aliphatic carbocycles. The average Bonchev–Trinajstić information content (AvgIpc) is 3.11. The van der Waals surface area contributed by atoms with E-state index >= 15 is 0 Å². The molecule has 0 bridgehead atoms. The summed E-state index contributed by atoms with van der Waals surface area (Å²) in [7, 11) is 1.72. The van der Waals surface area contributed by atoms with Gasteiger partial charge in [-0.3, -0.25) is 9.48 Å². The summed E-state index contributed by atoms with van der Waals surface area (Å²) in [6, 6.07) is 7.80. The maximum absolute atomic E-state index is 12.4. The fourth-order valence-electron chi connectivity index (χ4n) is 2.24. The Bertz CT molecular complexity index is 988. The lowest BCUT2D eigenvalue weighted by Gasteiger charge is -2.01. The third kappa shape index (κ3) is 2.96. The fourth-order valence-corrected chi connectivity index (χ4v) is 3.82. The molecule has 3 rings (SSSR count). The molecule has 0 aliphatic heterocycles. The molecule has 0 atom stereocenters. The molecular weight excluding hydrogens is 328 g/mol. The van der Waals surface area contributed by atoms with Crippen LogP contribution in [0.2, 0.25) is 0 Å². The summed E-state index contributed by atoms with van der Waals surface area (Å²) < 4.78 is 4.46. The standard InChI is InChI=1S/C16H14N4OS2/c1-4-9-20-12-6-5-11(22-3)10-14(12)23-16(20)18-15(21)13-7-8-17-19(13)2/h1,5-8,10H,9H2,2-3H3. The van der Waals surface area contributed by atoms with Gasteiger partial charge >= 0.3 is 0 Å². The van der Waals surface area contributed by atoms with Crippen molar-refractivity contribution in [3.05, 3.63) is 41.0 Å². The number of hydrogen-bond donors (Lipinski definition) is 0. The Kier molecular flexibility index (Phi) is 4.37. The molecule has 0 saturated carbocycles. The molecule has 2 aromatic heterocycles. The van der Waals surface area contributed by atoms with Crippen LogP contribution in [0.25, 0.3) is 10.2 Å². The Morgan fingerprint density at radius 2 is 2.30 bits per heavy atom. The first kappa shape index (κ1) is 15.6. The van der Waals surface area contributed by atoms with Crippen molar-refractivity contribution in [1.29, 1.82) is 0 Å². The van der Waals surface area contributed by atoms with E-state index in [-0.39, 0.29) is 5.91 Å². The number of hydrogen-bond acceptors (Lipinski definition) is 4. The number of aromatic nitrogens is 3. The van der Waals surface area contributed by atoms with Gasteiger partial charge in [0, 0.05) is 18.1 Å². The summed E-state index contributed by atoms with van der Waals surface area (Å²) >= 11 is 3.14. The molecule has 23 heavy (non-hydrogen) atoms. The lowest BCUT2D eigenvalue weighted by Crippen LogP contribution is -2.17. The SMILES string of the molecule is C#CCn1c(=NC(=O)c2ccnn2C)sc2cc(SC)ccc21. The third-order valence-electron chi connectivity index (χ3n) is 3.38. The quantitative estimate of drug-likeness (QED) is 0.543. The van der Waals surface area contributed by atoms with Crippen LogP contribution >= 0.6 is 23.1 Å². The van der Waals surface area contributed by atoms with Gasteiger partial charge in [0.25, 0.3) is 5.91 Å². The van der Waals surface area contributed by atoms with Gasteiger partial charge < -0.3 is 4.57 Å². The van der Waals surface area contributed by atoms with E-state index in [1.165, 1.54) is 16.0 Å². The van der Waals surface area contributed by atoms with Crippen molar-refractivity contribution in [2.75, 3.05) is 6.26 Å². The van der Waals surface area contributed by atoms with E-state index in [0.717, 1.165) is 15.1 Å². The lowest BCUT2D eigenvalue weighted by molar-refractivity contribution is 0.0989. The Morgan fingerprint density at radius 3 is 2.96 bits per heavy atom. The van der Waals surface area contributed by atoms with Gasteiger partial charge in [-0.2, -0.15) is 10.1 Å².